The fourth-order valence-corrected chi connectivity index (χ4v) is 2.29. The van der Waals surface area contributed by atoms with E-state index in [9.17, 15) is 4.79 Å². The molecular weight excluding hydrogens is 320 g/mol. The van der Waals surface area contributed by atoms with Crippen molar-refractivity contribution < 1.29 is 0 Å². The topological polar surface area (TPSA) is 50.2 Å². The van der Waals surface area contributed by atoms with E-state index in [0.717, 1.165) is 18.7 Å². The summed E-state index contributed by atoms with van der Waals surface area (Å²) in [5.74, 6) is 0. The van der Waals surface area contributed by atoms with Crippen molar-refractivity contribution in [2.24, 2.45) is 0 Å². The minimum absolute atomic E-state index is 0.0838. The third-order valence-electron chi connectivity index (χ3n) is 3.14. The van der Waals surface area contributed by atoms with Crippen LogP contribution >= 0.6 is 15.9 Å². The lowest BCUT2D eigenvalue weighted by molar-refractivity contribution is 0.367. The van der Waals surface area contributed by atoms with Crippen molar-refractivity contribution in [3.63, 3.8) is 0 Å². The van der Waals surface area contributed by atoms with E-state index in [1.54, 1.807) is 6.20 Å². The van der Waals surface area contributed by atoms with Gasteiger partial charge in [-0.05, 0) is 43.4 Å². The highest BCUT2D eigenvalue weighted by Gasteiger charge is 2.11. The number of halogens is 1. The normalized spacial score (nSPS) is 12.7. The van der Waals surface area contributed by atoms with Gasteiger partial charge in [-0.1, -0.05) is 19.8 Å². The summed E-state index contributed by atoms with van der Waals surface area (Å²) in [6, 6.07) is 0.338. The summed E-state index contributed by atoms with van der Waals surface area (Å²) >= 11 is 3.39. The van der Waals surface area contributed by atoms with Crippen LogP contribution < -0.4 is 10.9 Å². The maximum Gasteiger partial charge on any atom is 0.283 e. The first kappa shape index (κ1) is 17.2. The van der Waals surface area contributed by atoms with Crippen molar-refractivity contribution in [1.29, 1.82) is 0 Å². The van der Waals surface area contributed by atoms with Gasteiger partial charge in [0.25, 0.3) is 5.56 Å². The van der Waals surface area contributed by atoms with Crippen molar-refractivity contribution in [3.05, 3.63) is 21.0 Å². The minimum Gasteiger partial charge on any atom is -0.380 e. The molecule has 0 aromatic carbocycles. The first-order valence-corrected chi connectivity index (χ1v) is 7.91. The maximum absolute atomic E-state index is 12.2. The maximum atomic E-state index is 12.2. The summed E-state index contributed by atoms with van der Waals surface area (Å²) in [4.78, 5) is 14.2. The number of nitrogens with zero attached hydrogens (tertiary/aromatic N) is 3. The monoisotopic (exact) mass is 344 g/mol. The second-order valence-corrected chi connectivity index (χ2v) is 6.18. The van der Waals surface area contributed by atoms with Gasteiger partial charge in [-0.2, -0.15) is 5.10 Å². The fraction of sp³-hybridized carbons (Fsp3) is 0.714. The van der Waals surface area contributed by atoms with Crippen LogP contribution in [0, 0.1) is 0 Å². The summed E-state index contributed by atoms with van der Waals surface area (Å²) in [6.45, 7) is 5.69. The van der Waals surface area contributed by atoms with E-state index < -0.39 is 0 Å². The summed E-state index contributed by atoms with van der Waals surface area (Å²) in [5, 5.41) is 7.57. The van der Waals surface area contributed by atoms with Crippen molar-refractivity contribution in [2.75, 3.05) is 26.0 Å². The standard InChI is InChI=1S/C14H25BrN4O/c1-5-6-7-11(2)17-12-10-16-19(9-8-18(3)4)14(20)13(12)15/h10-11,17H,5-9H2,1-4H3. The zero-order chi connectivity index (χ0) is 15.1. The molecule has 20 heavy (non-hydrogen) atoms. The molecule has 1 rings (SSSR count). The van der Waals surface area contributed by atoms with Gasteiger partial charge in [-0.3, -0.25) is 4.79 Å². The smallest absolute Gasteiger partial charge is 0.283 e. The molecule has 0 aliphatic rings. The Morgan fingerprint density at radius 2 is 2.20 bits per heavy atom. The van der Waals surface area contributed by atoms with Crippen molar-refractivity contribution >= 4 is 21.6 Å². The second kappa shape index (κ2) is 8.42. The second-order valence-electron chi connectivity index (χ2n) is 5.39. The van der Waals surface area contributed by atoms with Gasteiger partial charge in [0.05, 0.1) is 18.4 Å². The third-order valence-corrected chi connectivity index (χ3v) is 3.90. The molecule has 0 amide bonds. The van der Waals surface area contributed by atoms with E-state index in [2.05, 4.69) is 40.2 Å². The molecule has 1 heterocycles. The average molecular weight is 345 g/mol. The van der Waals surface area contributed by atoms with Gasteiger partial charge in [-0.25, -0.2) is 4.68 Å². The van der Waals surface area contributed by atoms with Gasteiger partial charge in [-0.15, -0.1) is 0 Å². The molecule has 0 saturated carbocycles. The number of likely N-dealkylation sites (N-methyl/N-ethyl adjacent to an activating group) is 1. The predicted octanol–water partition coefficient (Wildman–Crippen LogP) is 2.56. The van der Waals surface area contributed by atoms with Crippen LogP contribution in [-0.2, 0) is 6.54 Å². The highest BCUT2D eigenvalue weighted by molar-refractivity contribution is 9.10. The van der Waals surface area contributed by atoms with E-state index in [4.69, 9.17) is 0 Å². The Bertz CT molecular complexity index is 473. The highest BCUT2D eigenvalue weighted by Crippen LogP contribution is 2.18. The number of aromatic nitrogens is 2. The van der Waals surface area contributed by atoms with Crippen LogP contribution in [0.3, 0.4) is 0 Å². The molecule has 0 bridgehead atoms. The minimum atomic E-state index is -0.0838. The number of hydrogen-bond donors (Lipinski definition) is 1. The zero-order valence-electron chi connectivity index (χ0n) is 12.8. The lowest BCUT2D eigenvalue weighted by Crippen LogP contribution is -2.30. The van der Waals surface area contributed by atoms with E-state index >= 15 is 0 Å². The molecule has 5 nitrogen and oxygen atoms in total. The number of hydrogen-bond acceptors (Lipinski definition) is 4. The summed E-state index contributed by atoms with van der Waals surface area (Å²) in [6.07, 6.45) is 5.17. The van der Waals surface area contributed by atoms with Crippen molar-refractivity contribution in [3.8, 4) is 0 Å². The number of rotatable bonds is 8. The molecule has 1 N–H and O–H groups in total. The Hall–Kier alpha value is -0.880. The number of anilines is 1. The molecule has 0 radical (unpaired) electrons. The first-order valence-electron chi connectivity index (χ1n) is 7.12. The quantitative estimate of drug-likeness (QED) is 0.787. The Balaban J connectivity index is 2.75. The molecule has 1 unspecified atom stereocenters. The summed E-state index contributed by atoms with van der Waals surface area (Å²) < 4.78 is 2.06. The zero-order valence-corrected chi connectivity index (χ0v) is 14.4. The van der Waals surface area contributed by atoms with Gasteiger partial charge in [0, 0.05) is 12.6 Å². The van der Waals surface area contributed by atoms with Crippen LogP contribution in [0.5, 0.6) is 0 Å². The van der Waals surface area contributed by atoms with Crippen LogP contribution in [0.4, 0.5) is 5.69 Å². The molecule has 0 saturated heterocycles. The van der Waals surface area contributed by atoms with E-state index in [0.29, 0.717) is 17.1 Å². The van der Waals surface area contributed by atoms with Gasteiger partial charge >= 0.3 is 0 Å². The Labute approximate surface area is 129 Å². The van der Waals surface area contributed by atoms with Crippen LogP contribution in [0.15, 0.2) is 15.5 Å². The molecule has 1 atom stereocenters. The van der Waals surface area contributed by atoms with Crippen molar-refractivity contribution in [2.45, 2.75) is 45.7 Å². The van der Waals surface area contributed by atoms with E-state index in [1.807, 2.05) is 19.0 Å². The lowest BCUT2D eigenvalue weighted by Gasteiger charge is -2.16. The first-order chi connectivity index (χ1) is 9.45. The van der Waals surface area contributed by atoms with Crippen molar-refractivity contribution in [1.82, 2.24) is 14.7 Å². The fourth-order valence-electron chi connectivity index (χ4n) is 1.87. The van der Waals surface area contributed by atoms with Gasteiger partial charge in [0.15, 0.2) is 0 Å². The molecule has 0 aliphatic carbocycles. The molecule has 0 fully saturated rings. The number of nitrogens with one attached hydrogen (secondary N) is 1. The molecule has 0 aliphatic heterocycles. The largest absolute Gasteiger partial charge is 0.380 e. The van der Waals surface area contributed by atoms with Gasteiger partial charge in [0.1, 0.15) is 4.47 Å². The number of unbranched alkanes of at least 4 members (excludes halogenated alkanes) is 1. The van der Waals surface area contributed by atoms with Crippen LogP contribution in [0.25, 0.3) is 0 Å². The molecule has 114 valence electrons. The molecular formula is C14H25BrN4O. The Kier molecular flexibility index (Phi) is 7.23. The van der Waals surface area contributed by atoms with Crippen LogP contribution in [-0.4, -0.2) is 41.4 Å². The van der Waals surface area contributed by atoms with Crippen LogP contribution in [0.2, 0.25) is 0 Å². The lowest BCUT2D eigenvalue weighted by atomic mass is 10.1. The highest BCUT2D eigenvalue weighted by atomic mass is 79.9. The van der Waals surface area contributed by atoms with Gasteiger partial charge in [0.2, 0.25) is 0 Å². The predicted molar refractivity (Wildman–Crippen MR) is 87.4 cm³/mol. The Morgan fingerprint density at radius 1 is 1.50 bits per heavy atom. The molecule has 1 aromatic rings. The van der Waals surface area contributed by atoms with E-state index in [-0.39, 0.29) is 5.56 Å². The summed E-state index contributed by atoms with van der Waals surface area (Å²) in [7, 11) is 3.96. The van der Waals surface area contributed by atoms with Crippen LogP contribution in [0.1, 0.15) is 33.1 Å². The SMILES string of the molecule is CCCCC(C)Nc1cnn(CCN(C)C)c(=O)c1Br. The molecule has 0 spiro atoms. The van der Waals surface area contributed by atoms with Gasteiger partial charge < -0.3 is 10.2 Å². The average Bonchev–Trinajstić information content (AvgIpc) is 2.40. The molecule has 6 heteroatoms. The third kappa shape index (κ3) is 5.25. The van der Waals surface area contributed by atoms with E-state index in [1.165, 1.54) is 17.5 Å². The Morgan fingerprint density at radius 3 is 2.80 bits per heavy atom. The summed E-state index contributed by atoms with van der Waals surface area (Å²) in [5.41, 5.74) is 0.694. The molecule has 1 aromatic heterocycles.